The SMILES string of the molecule is CC1CCCN1C(=O)c1nc(C(=O)NC(C)C(C)(C)O)sc1-c1cnc(NC(C)(C)C)cc1C(F)F. The molecule has 11 heteroatoms. The Labute approximate surface area is 214 Å². The summed E-state index contributed by atoms with van der Waals surface area (Å²) >= 11 is 0.866. The molecule has 1 saturated heterocycles. The lowest BCUT2D eigenvalue weighted by Gasteiger charge is -2.26. The van der Waals surface area contributed by atoms with E-state index in [2.05, 4.69) is 20.6 Å². The maximum Gasteiger partial charge on any atom is 0.280 e. The fraction of sp³-hybridized carbons (Fsp3) is 0.600. The smallest absolute Gasteiger partial charge is 0.280 e. The number of aromatic nitrogens is 2. The molecule has 2 aromatic heterocycles. The summed E-state index contributed by atoms with van der Waals surface area (Å²) in [5.41, 5.74) is -1.88. The fourth-order valence-electron chi connectivity index (χ4n) is 3.84. The molecule has 1 fully saturated rings. The number of nitrogens with one attached hydrogen (secondary N) is 2. The summed E-state index contributed by atoms with van der Waals surface area (Å²) in [5.74, 6) is -0.719. The van der Waals surface area contributed by atoms with Gasteiger partial charge in [0.15, 0.2) is 5.01 Å². The minimum atomic E-state index is -2.84. The molecule has 2 amide bonds. The number of likely N-dealkylation sites (tertiary alicyclic amines) is 1. The van der Waals surface area contributed by atoms with Crippen LogP contribution in [-0.4, -0.2) is 61.6 Å². The number of aliphatic hydroxyl groups is 1. The van der Waals surface area contributed by atoms with Crippen LogP contribution in [0.1, 0.15) is 93.6 Å². The van der Waals surface area contributed by atoms with Crippen molar-refractivity contribution in [3.05, 3.63) is 28.5 Å². The summed E-state index contributed by atoms with van der Waals surface area (Å²) in [6, 6.07) is 0.634. The predicted octanol–water partition coefficient (Wildman–Crippen LogP) is 4.87. The van der Waals surface area contributed by atoms with Crippen LogP contribution >= 0.6 is 11.3 Å². The molecule has 36 heavy (non-hydrogen) atoms. The average Bonchev–Trinajstić information content (AvgIpc) is 3.38. The molecule has 198 valence electrons. The number of carbonyl (C=O) groups is 2. The zero-order valence-corrected chi connectivity index (χ0v) is 22.6. The molecule has 2 atom stereocenters. The number of rotatable bonds is 7. The van der Waals surface area contributed by atoms with Gasteiger partial charge in [-0.3, -0.25) is 9.59 Å². The first-order chi connectivity index (χ1) is 16.6. The minimum Gasteiger partial charge on any atom is -0.388 e. The van der Waals surface area contributed by atoms with Crippen molar-refractivity contribution in [1.29, 1.82) is 0 Å². The Morgan fingerprint density at radius 1 is 1.25 bits per heavy atom. The lowest BCUT2D eigenvalue weighted by Crippen LogP contribution is -2.47. The number of thiazole rings is 1. The van der Waals surface area contributed by atoms with Crippen molar-refractivity contribution >= 4 is 29.0 Å². The lowest BCUT2D eigenvalue weighted by molar-refractivity contribution is 0.0408. The van der Waals surface area contributed by atoms with E-state index in [9.17, 15) is 23.5 Å². The Bertz CT molecular complexity index is 1120. The number of hydrogen-bond acceptors (Lipinski definition) is 7. The van der Waals surface area contributed by atoms with Gasteiger partial charge in [-0.05, 0) is 67.4 Å². The van der Waals surface area contributed by atoms with Crippen LogP contribution in [0.3, 0.4) is 0 Å². The van der Waals surface area contributed by atoms with E-state index in [1.54, 1.807) is 25.7 Å². The average molecular weight is 524 g/mol. The standard InChI is InChI=1S/C25H35F2N5O3S/c1-13-9-8-10-32(13)23(34)18-19(36-22(30-18)21(33)29-14(2)25(6,7)35)16-12-28-17(31-24(3,4)5)11-15(16)20(26)27/h11-14,20,35H,8-10H2,1-7H3,(H,28,31)(H,29,33). The van der Waals surface area contributed by atoms with E-state index in [-0.39, 0.29) is 38.6 Å². The molecule has 0 aromatic carbocycles. The van der Waals surface area contributed by atoms with Crippen LogP contribution in [0.2, 0.25) is 0 Å². The van der Waals surface area contributed by atoms with Crippen molar-refractivity contribution in [3.8, 4) is 10.4 Å². The zero-order valence-electron chi connectivity index (χ0n) is 21.8. The first-order valence-corrected chi connectivity index (χ1v) is 12.8. The van der Waals surface area contributed by atoms with E-state index in [0.29, 0.717) is 6.54 Å². The van der Waals surface area contributed by atoms with Crippen molar-refractivity contribution in [2.24, 2.45) is 0 Å². The molecule has 0 aliphatic carbocycles. The number of anilines is 1. The Balaban J connectivity index is 2.11. The molecule has 1 aliphatic heterocycles. The summed E-state index contributed by atoms with van der Waals surface area (Å²) in [4.78, 5) is 36.9. The maximum absolute atomic E-state index is 14.2. The minimum absolute atomic E-state index is 0.0226. The molecule has 1 aliphatic rings. The van der Waals surface area contributed by atoms with Gasteiger partial charge in [0.05, 0.1) is 16.5 Å². The number of amides is 2. The van der Waals surface area contributed by atoms with Crippen molar-refractivity contribution in [3.63, 3.8) is 0 Å². The van der Waals surface area contributed by atoms with Crippen LogP contribution in [-0.2, 0) is 0 Å². The van der Waals surface area contributed by atoms with Gasteiger partial charge in [-0.1, -0.05) is 0 Å². The molecule has 3 N–H and O–H groups in total. The van der Waals surface area contributed by atoms with Crippen LogP contribution in [0, 0.1) is 0 Å². The van der Waals surface area contributed by atoms with E-state index < -0.39 is 35.4 Å². The summed E-state index contributed by atoms with van der Waals surface area (Å²) in [6.45, 7) is 12.9. The van der Waals surface area contributed by atoms with Crippen molar-refractivity contribution in [1.82, 2.24) is 20.2 Å². The van der Waals surface area contributed by atoms with Gasteiger partial charge >= 0.3 is 0 Å². The van der Waals surface area contributed by atoms with Gasteiger partial charge in [0.2, 0.25) is 0 Å². The third-order valence-electron chi connectivity index (χ3n) is 6.16. The molecular formula is C25H35F2N5O3S. The topological polar surface area (TPSA) is 107 Å². The van der Waals surface area contributed by atoms with E-state index in [1.807, 2.05) is 27.7 Å². The fourth-order valence-corrected chi connectivity index (χ4v) is 4.84. The molecule has 0 spiro atoms. The highest BCUT2D eigenvalue weighted by atomic mass is 32.1. The van der Waals surface area contributed by atoms with Gasteiger partial charge in [-0.25, -0.2) is 18.7 Å². The zero-order chi connectivity index (χ0) is 27.0. The largest absolute Gasteiger partial charge is 0.388 e. The van der Waals surface area contributed by atoms with E-state index in [4.69, 9.17) is 0 Å². The molecule has 2 unspecified atom stereocenters. The summed E-state index contributed by atoms with van der Waals surface area (Å²) in [5, 5.41) is 15.9. The number of alkyl halides is 2. The Hall–Kier alpha value is -2.66. The van der Waals surface area contributed by atoms with Crippen molar-refractivity contribution in [2.75, 3.05) is 11.9 Å². The van der Waals surface area contributed by atoms with Crippen LogP contribution in [0.15, 0.2) is 12.3 Å². The predicted molar refractivity (Wildman–Crippen MR) is 137 cm³/mol. The van der Waals surface area contributed by atoms with Gasteiger partial charge in [-0.2, -0.15) is 0 Å². The van der Waals surface area contributed by atoms with Gasteiger partial charge in [0.25, 0.3) is 18.2 Å². The molecule has 3 heterocycles. The normalized spacial score (nSPS) is 17.4. The van der Waals surface area contributed by atoms with E-state index in [0.717, 1.165) is 24.2 Å². The Morgan fingerprint density at radius 3 is 2.44 bits per heavy atom. The monoisotopic (exact) mass is 523 g/mol. The van der Waals surface area contributed by atoms with Crippen LogP contribution in [0.25, 0.3) is 10.4 Å². The number of hydrogen-bond donors (Lipinski definition) is 3. The van der Waals surface area contributed by atoms with Crippen LogP contribution in [0.5, 0.6) is 0 Å². The van der Waals surface area contributed by atoms with E-state index in [1.165, 1.54) is 12.3 Å². The summed E-state index contributed by atoms with van der Waals surface area (Å²) in [6.07, 6.45) is 0.124. The van der Waals surface area contributed by atoms with Gasteiger partial charge in [-0.15, -0.1) is 11.3 Å². The number of pyridine rings is 1. The van der Waals surface area contributed by atoms with Gasteiger partial charge in [0.1, 0.15) is 11.5 Å². The second kappa shape index (κ2) is 10.4. The Kier molecular flexibility index (Phi) is 8.04. The first kappa shape index (κ1) is 27.9. The lowest BCUT2D eigenvalue weighted by atomic mass is 10.0. The maximum atomic E-state index is 14.2. The third kappa shape index (κ3) is 6.36. The molecule has 0 saturated carbocycles. The first-order valence-electron chi connectivity index (χ1n) is 12.0. The summed E-state index contributed by atoms with van der Waals surface area (Å²) in [7, 11) is 0. The van der Waals surface area contributed by atoms with E-state index >= 15 is 0 Å². The quantitative estimate of drug-likeness (QED) is 0.478. The highest BCUT2D eigenvalue weighted by molar-refractivity contribution is 7.17. The second-order valence-corrected chi connectivity index (χ2v) is 11.9. The van der Waals surface area contributed by atoms with Gasteiger partial charge < -0.3 is 20.6 Å². The highest BCUT2D eigenvalue weighted by Crippen LogP contribution is 2.39. The van der Waals surface area contributed by atoms with Crippen LogP contribution in [0.4, 0.5) is 14.6 Å². The Morgan fingerprint density at radius 2 is 1.92 bits per heavy atom. The second-order valence-electron chi connectivity index (χ2n) is 10.9. The van der Waals surface area contributed by atoms with Crippen molar-refractivity contribution in [2.45, 2.75) is 91.0 Å². The molecule has 8 nitrogen and oxygen atoms in total. The molecule has 0 radical (unpaired) electrons. The third-order valence-corrected chi connectivity index (χ3v) is 7.25. The van der Waals surface area contributed by atoms with Crippen molar-refractivity contribution < 1.29 is 23.5 Å². The molecule has 2 aromatic rings. The van der Waals surface area contributed by atoms with Crippen LogP contribution < -0.4 is 10.6 Å². The van der Waals surface area contributed by atoms with Gasteiger partial charge in [0, 0.05) is 35.4 Å². The molecule has 0 bridgehead atoms. The number of carbonyl (C=O) groups excluding carboxylic acids is 2. The molecular weight excluding hydrogens is 488 g/mol. The highest BCUT2D eigenvalue weighted by Gasteiger charge is 2.34. The molecule has 3 rings (SSSR count). The summed E-state index contributed by atoms with van der Waals surface area (Å²) < 4.78 is 28.4. The number of halogens is 2. The number of nitrogens with zero attached hydrogens (tertiary/aromatic N) is 3.